The largest absolute Gasteiger partial charge is 0.349 e. The topological polar surface area (TPSA) is 18.8 Å². The van der Waals surface area contributed by atoms with E-state index in [1.54, 1.807) is 0 Å². The number of thioether (sulfide) groups is 1. The Balaban J connectivity index is 0.00000361. The fourth-order valence-corrected chi connectivity index (χ4v) is 2.85. The van der Waals surface area contributed by atoms with E-state index in [0.717, 1.165) is 17.0 Å². The van der Waals surface area contributed by atoms with E-state index in [0.29, 0.717) is 5.25 Å². The average Bonchev–Trinajstić information content (AvgIpc) is 2.31. The molecule has 6 heteroatoms. The summed E-state index contributed by atoms with van der Waals surface area (Å²) in [6, 6.07) is 8.41. The fraction of sp³-hybridized carbons (Fsp3) is 0.500. The van der Waals surface area contributed by atoms with Crippen molar-refractivity contribution in [3.63, 3.8) is 0 Å². The van der Waals surface area contributed by atoms with Crippen LogP contribution >= 0.6 is 51.7 Å². The molecule has 3 nitrogen and oxygen atoms in total. The van der Waals surface area contributed by atoms with Gasteiger partial charge in [-0.05, 0) is 24.3 Å². The molecule has 0 amide bonds. The van der Waals surface area contributed by atoms with E-state index in [4.69, 9.17) is 0 Å². The number of benzene rings is 1. The zero-order chi connectivity index (χ0) is 14.4. The molecule has 0 aromatic heterocycles. The van der Waals surface area contributed by atoms with Gasteiger partial charge >= 0.3 is 0 Å². The molecule has 0 aliphatic heterocycles. The van der Waals surface area contributed by atoms with Crippen LogP contribution in [-0.4, -0.2) is 55.7 Å². The molecule has 0 aliphatic rings. The first-order valence-corrected chi connectivity index (χ1v) is 7.88. The Morgan fingerprint density at radius 1 is 1.15 bits per heavy atom. The molecule has 1 aromatic carbocycles. The van der Waals surface area contributed by atoms with Crippen molar-refractivity contribution in [1.82, 2.24) is 9.80 Å². The first-order chi connectivity index (χ1) is 8.90. The van der Waals surface area contributed by atoms with Gasteiger partial charge in [0.1, 0.15) is 0 Å². The minimum atomic E-state index is 0. The van der Waals surface area contributed by atoms with Gasteiger partial charge in [0.2, 0.25) is 0 Å². The van der Waals surface area contributed by atoms with Crippen LogP contribution in [0.2, 0.25) is 0 Å². The van der Waals surface area contributed by atoms with E-state index in [1.807, 2.05) is 49.8 Å². The van der Waals surface area contributed by atoms with E-state index in [2.05, 4.69) is 52.1 Å². The van der Waals surface area contributed by atoms with E-state index in [-0.39, 0.29) is 24.0 Å². The second-order valence-corrected chi connectivity index (χ2v) is 7.24. The maximum Gasteiger partial charge on any atom is 0.195 e. The molecular formula is C14H23BrIN3S. The van der Waals surface area contributed by atoms with Gasteiger partial charge in [0.15, 0.2) is 5.96 Å². The zero-order valence-corrected chi connectivity index (χ0v) is 17.4. The Morgan fingerprint density at radius 3 is 2.10 bits per heavy atom. The van der Waals surface area contributed by atoms with Crippen molar-refractivity contribution in [2.45, 2.75) is 17.1 Å². The lowest BCUT2D eigenvalue weighted by Gasteiger charge is -2.23. The standard InChI is InChI=1S/C14H22BrN3S.HI/c1-11(10-16-14(17(2)3)18(4)5)19-13-8-6-12(15)7-9-13;/h6-9,11H,10H2,1-5H3;1H. The molecule has 1 unspecified atom stereocenters. The molecule has 1 atom stereocenters. The molecule has 0 aliphatic carbocycles. The molecule has 1 aromatic rings. The number of aliphatic imine (C=N–C) groups is 1. The van der Waals surface area contributed by atoms with Crippen molar-refractivity contribution in [3.8, 4) is 0 Å². The van der Waals surface area contributed by atoms with Crippen molar-refractivity contribution < 1.29 is 0 Å². The highest BCUT2D eigenvalue weighted by atomic mass is 127. The molecule has 0 N–H and O–H groups in total. The van der Waals surface area contributed by atoms with E-state index >= 15 is 0 Å². The second kappa shape index (κ2) is 9.89. The van der Waals surface area contributed by atoms with Crippen LogP contribution in [0.3, 0.4) is 0 Å². The van der Waals surface area contributed by atoms with Crippen LogP contribution in [-0.2, 0) is 0 Å². The molecule has 0 radical (unpaired) electrons. The zero-order valence-electron chi connectivity index (χ0n) is 12.6. The van der Waals surface area contributed by atoms with Crippen molar-refractivity contribution in [3.05, 3.63) is 28.7 Å². The van der Waals surface area contributed by atoms with Gasteiger partial charge in [0, 0.05) is 42.8 Å². The third-order valence-corrected chi connectivity index (χ3v) is 4.07. The van der Waals surface area contributed by atoms with Gasteiger partial charge < -0.3 is 9.80 Å². The van der Waals surface area contributed by atoms with Crippen molar-refractivity contribution in [2.75, 3.05) is 34.7 Å². The number of halogens is 2. The van der Waals surface area contributed by atoms with Crippen LogP contribution in [0.4, 0.5) is 0 Å². The van der Waals surface area contributed by atoms with Crippen LogP contribution in [0.5, 0.6) is 0 Å². The second-order valence-electron chi connectivity index (χ2n) is 4.81. The molecule has 0 saturated carbocycles. The molecule has 0 spiro atoms. The fourth-order valence-electron chi connectivity index (χ4n) is 1.68. The molecule has 0 saturated heterocycles. The normalized spacial score (nSPS) is 11.3. The summed E-state index contributed by atoms with van der Waals surface area (Å²) in [4.78, 5) is 10.0. The maximum atomic E-state index is 4.67. The highest BCUT2D eigenvalue weighted by Crippen LogP contribution is 2.24. The maximum absolute atomic E-state index is 4.67. The molecular weight excluding hydrogens is 449 g/mol. The first-order valence-electron chi connectivity index (χ1n) is 6.21. The summed E-state index contributed by atoms with van der Waals surface area (Å²) in [5.74, 6) is 1.00. The Morgan fingerprint density at radius 2 is 1.65 bits per heavy atom. The minimum Gasteiger partial charge on any atom is -0.349 e. The summed E-state index contributed by atoms with van der Waals surface area (Å²) in [7, 11) is 8.08. The Kier molecular flexibility index (Phi) is 9.92. The SMILES string of the molecule is CC(CN=C(N(C)C)N(C)C)Sc1ccc(Br)cc1.I. The Labute approximate surface area is 152 Å². The molecule has 0 bridgehead atoms. The first kappa shape index (κ1) is 20.1. The van der Waals surface area contributed by atoms with Gasteiger partial charge in [0.05, 0.1) is 6.54 Å². The number of hydrogen-bond donors (Lipinski definition) is 0. The molecule has 1 rings (SSSR count). The number of guanidine groups is 1. The predicted octanol–water partition coefficient (Wildman–Crippen LogP) is 4.03. The van der Waals surface area contributed by atoms with Gasteiger partial charge in [-0.3, -0.25) is 4.99 Å². The third kappa shape index (κ3) is 7.17. The van der Waals surface area contributed by atoms with Crippen molar-refractivity contribution in [1.29, 1.82) is 0 Å². The monoisotopic (exact) mass is 471 g/mol. The summed E-state index contributed by atoms with van der Waals surface area (Å²) < 4.78 is 1.12. The molecule has 0 heterocycles. The minimum absolute atomic E-state index is 0. The summed E-state index contributed by atoms with van der Waals surface area (Å²) in [5, 5.41) is 0.455. The van der Waals surface area contributed by atoms with Gasteiger partial charge in [-0.25, -0.2) is 0 Å². The highest BCUT2D eigenvalue weighted by molar-refractivity contribution is 14.0. The quantitative estimate of drug-likeness (QED) is 0.286. The molecule has 0 fully saturated rings. The van der Waals surface area contributed by atoms with Crippen LogP contribution in [0.25, 0.3) is 0 Å². The van der Waals surface area contributed by atoms with Crippen molar-refractivity contribution in [2.24, 2.45) is 4.99 Å². The third-order valence-electron chi connectivity index (χ3n) is 2.44. The smallest absolute Gasteiger partial charge is 0.195 e. The van der Waals surface area contributed by atoms with Crippen LogP contribution < -0.4 is 0 Å². The molecule has 114 valence electrons. The van der Waals surface area contributed by atoms with E-state index in [1.165, 1.54) is 4.90 Å². The predicted molar refractivity (Wildman–Crippen MR) is 105 cm³/mol. The lowest BCUT2D eigenvalue weighted by Crippen LogP contribution is -2.35. The van der Waals surface area contributed by atoms with Gasteiger partial charge in [-0.15, -0.1) is 35.7 Å². The van der Waals surface area contributed by atoms with Gasteiger partial charge in [-0.2, -0.15) is 0 Å². The van der Waals surface area contributed by atoms with Gasteiger partial charge in [-0.1, -0.05) is 22.9 Å². The highest BCUT2D eigenvalue weighted by Gasteiger charge is 2.07. The van der Waals surface area contributed by atoms with Crippen LogP contribution in [0.1, 0.15) is 6.92 Å². The number of hydrogen-bond acceptors (Lipinski definition) is 2. The van der Waals surface area contributed by atoms with Crippen LogP contribution in [0, 0.1) is 0 Å². The Bertz CT molecular complexity index is 411. The van der Waals surface area contributed by atoms with E-state index < -0.39 is 0 Å². The van der Waals surface area contributed by atoms with Gasteiger partial charge in [0.25, 0.3) is 0 Å². The lowest BCUT2D eigenvalue weighted by molar-refractivity contribution is 0.479. The summed E-state index contributed by atoms with van der Waals surface area (Å²) in [6.07, 6.45) is 0. The van der Waals surface area contributed by atoms with Crippen LogP contribution in [0.15, 0.2) is 38.6 Å². The lowest BCUT2D eigenvalue weighted by atomic mass is 10.4. The number of nitrogens with zero attached hydrogens (tertiary/aromatic N) is 3. The average molecular weight is 472 g/mol. The summed E-state index contributed by atoms with van der Waals surface area (Å²) in [6.45, 7) is 3.02. The van der Waals surface area contributed by atoms with Crippen molar-refractivity contribution >= 4 is 57.6 Å². The molecule has 20 heavy (non-hydrogen) atoms. The summed E-state index contributed by atoms with van der Waals surface area (Å²) >= 11 is 5.30. The number of rotatable bonds is 4. The summed E-state index contributed by atoms with van der Waals surface area (Å²) in [5.41, 5.74) is 0. The van der Waals surface area contributed by atoms with E-state index in [9.17, 15) is 0 Å². The Hall–Kier alpha value is 0.0500.